The standard InChI is InChI=1S/C19H18ClN3O3S/c1-10(2)21-17(24)13-7-6-12(20)9-14(13)22-18(25)16-11(3)26-19(23-16)15-5-4-8-27-15/h4-10H,1-3H3,(H,21,24)(H,22,25). The summed E-state index contributed by atoms with van der Waals surface area (Å²) in [6, 6.07) is 8.41. The molecule has 3 aromatic rings. The van der Waals surface area contributed by atoms with Gasteiger partial charge < -0.3 is 15.1 Å². The molecule has 0 atom stereocenters. The number of benzene rings is 1. The van der Waals surface area contributed by atoms with Gasteiger partial charge in [-0.05, 0) is 50.4 Å². The maximum absolute atomic E-state index is 12.7. The topological polar surface area (TPSA) is 84.2 Å². The smallest absolute Gasteiger partial charge is 0.277 e. The molecule has 1 aromatic carbocycles. The van der Waals surface area contributed by atoms with Crippen LogP contribution in [0.3, 0.4) is 0 Å². The highest BCUT2D eigenvalue weighted by Gasteiger charge is 2.21. The molecule has 3 rings (SSSR count). The second-order valence-electron chi connectivity index (χ2n) is 6.17. The fraction of sp³-hybridized carbons (Fsp3) is 0.211. The molecule has 0 fully saturated rings. The molecule has 2 N–H and O–H groups in total. The van der Waals surface area contributed by atoms with E-state index in [9.17, 15) is 9.59 Å². The monoisotopic (exact) mass is 403 g/mol. The summed E-state index contributed by atoms with van der Waals surface area (Å²) in [5.74, 6) is 0.00987. The van der Waals surface area contributed by atoms with Crippen molar-refractivity contribution < 1.29 is 14.0 Å². The predicted octanol–water partition coefficient (Wildman–Crippen LogP) is 4.76. The van der Waals surface area contributed by atoms with Gasteiger partial charge in [0.1, 0.15) is 5.76 Å². The summed E-state index contributed by atoms with van der Waals surface area (Å²) in [4.78, 5) is 30.2. The van der Waals surface area contributed by atoms with E-state index in [0.717, 1.165) is 4.88 Å². The lowest BCUT2D eigenvalue weighted by molar-refractivity contribution is 0.0944. The molecule has 2 aromatic heterocycles. The molecular weight excluding hydrogens is 386 g/mol. The van der Waals surface area contributed by atoms with E-state index in [2.05, 4.69) is 15.6 Å². The van der Waals surface area contributed by atoms with Crippen LogP contribution >= 0.6 is 22.9 Å². The van der Waals surface area contributed by atoms with Crippen molar-refractivity contribution in [3.63, 3.8) is 0 Å². The largest absolute Gasteiger partial charge is 0.440 e. The van der Waals surface area contributed by atoms with Crippen molar-refractivity contribution in [3.8, 4) is 10.8 Å². The molecule has 27 heavy (non-hydrogen) atoms. The number of thiophene rings is 1. The maximum atomic E-state index is 12.7. The van der Waals surface area contributed by atoms with E-state index in [1.54, 1.807) is 19.1 Å². The van der Waals surface area contributed by atoms with Crippen LogP contribution < -0.4 is 10.6 Å². The van der Waals surface area contributed by atoms with Crippen LogP contribution in [0, 0.1) is 6.92 Å². The average molecular weight is 404 g/mol. The lowest BCUT2D eigenvalue weighted by Gasteiger charge is -2.13. The number of nitrogens with one attached hydrogen (secondary N) is 2. The molecule has 0 saturated carbocycles. The van der Waals surface area contributed by atoms with Crippen LogP contribution in [0.15, 0.2) is 40.1 Å². The van der Waals surface area contributed by atoms with E-state index < -0.39 is 5.91 Å². The number of carbonyl (C=O) groups excluding carboxylic acids is 2. The number of aromatic nitrogens is 1. The minimum Gasteiger partial charge on any atom is -0.440 e. The van der Waals surface area contributed by atoms with E-state index in [4.69, 9.17) is 16.0 Å². The van der Waals surface area contributed by atoms with Crippen molar-refractivity contribution in [2.24, 2.45) is 0 Å². The Balaban J connectivity index is 1.88. The molecule has 0 aliphatic heterocycles. The van der Waals surface area contributed by atoms with Gasteiger partial charge in [-0.15, -0.1) is 11.3 Å². The molecule has 0 saturated heterocycles. The van der Waals surface area contributed by atoms with Crippen molar-refractivity contribution in [1.29, 1.82) is 0 Å². The van der Waals surface area contributed by atoms with Gasteiger partial charge in [0.2, 0.25) is 5.89 Å². The predicted molar refractivity (Wildman–Crippen MR) is 107 cm³/mol. The molecule has 2 heterocycles. The second kappa shape index (κ2) is 7.94. The molecule has 2 amide bonds. The molecule has 0 radical (unpaired) electrons. The summed E-state index contributed by atoms with van der Waals surface area (Å²) in [6.07, 6.45) is 0. The Morgan fingerprint density at radius 3 is 2.67 bits per heavy atom. The van der Waals surface area contributed by atoms with Gasteiger partial charge in [0.05, 0.1) is 16.1 Å². The summed E-state index contributed by atoms with van der Waals surface area (Å²) < 4.78 is 5.61. The molecule has 0 spiro atoms. The van der Waals surface area contributed by atoms with E-state index in [1.165, 1.54) is 17.4 Å². The molecular formula is C19H18ClN3O3S. The molecule has 0 unspecified atom stereocenters. The Labute approximate surface area is 165 Å². The highest BCUT2D eigenvalue weighted by atomic mass is 35.5. The molecule has 0 bridgehead atoms. The van der Waals surface area contributed by atoms with Crippen LogP contribution in [0.4, 0.5) is 5.69 Å². The number of hydrogen-bond acceptors (Lipinski definition) is 5. The number of nitrogens with zero attached hydrogens (tertiary/aromatic N) is 1. The number of halogens is 1. The second-order valence-corrected chi connectivity index (χ2v) is 7.56. The summed E-state index contributed by atoms with van der Waals surface area (Å²) in [5.41, 5.74) is 0.792. The summed E-state index contributed by atoms with van der Waals surface area (Å²) >= 11 is 7.51. The maximum Gasteiger partial charge on any atom is 0.277 e. The van der Waals surface area contributed by atoms with E-state index in [0.29, 0.717) is 27.9 Å². The Hall–Kier alpha value is -2.64. The number of oxazole rings is 1. The summed E-state index contributed by atoms with van der Waals surface area (Å²) in [5, 5.41) is 7.83. The van der Waals surface area contributed by atoms with E-state index in [-0.39, 0.29) is 17.6 Å². The SMILES string of the molecule is Cc1oc(-c2cccs2)nc1C(=O)Nc1cc(Cl)ccc1C(=O)NC(C)C. The normalized spacial score (nSPS) is 10.9. The fourth-order valence-corrected chi connectivity index (χ4v) is 3.27. The minimum atomic E-state index is -0.472. The van der Waals surface area contributed by atoms with Crippen LogP contribution in [0.25, 0.3) is 10.8 Å². The van der Waals surface area contributed by atoms with Gasteiger partial charge in [0.15, 0.2) is 5.69 Å². The van der Waals surface area contributed by atoms with Gasteiger partial charge in [-0.2, -0.15) is 0 Å². The highest BCUT2D eigenvalue weighted by Crippen LogP contribution is 2.27. The quantitative estimate of drug-likeness (QED) is 0.643. The Bertz CT molecular complexity index is 980. The van der Waals surface area contributed by atoms with Crippen LogP contribution in [0.2, 0.25) is 5.02 Å². The van der Waals surface area contributed by atoms with Crippen LogP contribution in [0.5, 0.6) is 0 Å². The van der Waals surface area contributed by atoms with Gasteiger partial charge in [-0.3, -0.25) is 9.59 Å². The lowest BCUT2D eigenvalue weighted by atomic mass is 10.1. The first kappa shape index (κ1) is 19.1. The number of rotatable bonds is 5. The Kier molecular flexibility index (Phi) is 5.62. The summed E-state index contributed by atoms with van der Waals surface area (Å²) in [7, 11) is 0. The molecule has 0 aliphatic rings. The third-order valence-electron chi connectivity index (χ3n) is 3.64. The number of carbonyl (C=O) groups is 2. The zero-order valence-electron chi connectivity index (χ0n) is 15.0. The average Bonchev–Trinajstić information content (AvgIpc) is 3.23. The van der Waals surface area contributed by atoms with Crippen LogP contribution in [-0.2, 0) is 0 Å². The van der Waals surface area contributed by atoms with Gasteiger partial charge in [-0.25, -0.2) is 4.98 Å². The Morgan fingerprint density at radius 1 is 1.22 bits per heavy atom. The van der Waals surface area contributed by atoms with Crippen molar-refractivity contribution >= 4 is 40.4 Å². The van der Waals surface area contributed by atoms with Gasteiger partial charge in [-0.1, -0.05) is 17.7 Å². The number of aryl methyl sites for hydroxylation is 1. The summed E-state index contributed by atoms with van der Waals surface area (Å²) in [6.45, 7) is 5.39. The minimum absolute atomic E-state index is 0.0390. The fourth-order valence-electron chi connectivity index (χ4n) is 2.45. The number of hydrogen-bond donors (Lipinski definition) is 2. The van der Waals surface area contributed by atoms with Crippen LogP contribution in [0.1, 0.15) is 40.5 Å². The molecule has 140 valence electrons. The zero-order valence-corrected chi connectivity index (χ0v) is 16.6. The Morgan fingerprint density at radius 2 is 2.00 bits per heavy atom. The van der Waals surface area contributed by atoms with Crippen molar-refractivity contribution in [3.05, 3.63) is 57.8 Å². The first-order chi connectivity index (χ1) is 12.8. The third kappa shape index (κ3) is 4.37. The lowest BCUT2D eigenvalue weighted by Crippen LogP contribution is -2.31. The highest BCUT2D eigenvalue weighted by molar-refractivity contribution is 7.13. The van der Waals surface area contributed by atoms with Gasteiger partial charge in [0, 0.05) is 11.1 Å². The zero-order chi connectivity index (χ0) is 19.6. The van der Waals surface area contributed by atoms with Crippen molar-refractivity contribution in [2.75, 3.05) is 5.32 Å². The number of amides is 2. The molecule has 6 nitrogen and oxygen atoms in total. The van der Waals surface area contributed by atoms with Gasteiger partial charge in [0.25, 0.3) is 11.8 Å². The van der Waals surface area contributed by atoms with Crippen molar-refractivity contribution in [2.45, 2.75) is 26.8 Å². The number of anilines is 1. The first-order valence-electron chi connectivity index (χ1n) is 8.28. The van der Waals surface area contributed by atoms with Gasteiger partial charge >= 0.3 is 0 Å². The first-order valence-corrected chi connectivity index (χ1v) is 9.54. The molecule has 0 aliphatic carbocycles. The van der Waals surface area contributed by atoms with E-state index >= 15 is 0 Å². The van der Waals surface area contributed by atoms with Crippen LogP contribution in [-0.4, -0.2) is 22.8 Å². The van der Waals surface area contributed by atoms with Crippen molar-refractivity contribution in [1.82, 2.24) is 10.3 Å². The third-order valence-corrected chi connectivity index (χ3v) is 4.73. The van der Waals surface area contributed by atoms with E-state index in [1.807, 2.05) is 31.4 Å². The molecule has 8 heteroatoms.